The van der Waals surface area contributed by atoms with E-state index in [-0.39, 0.29) is 0 Å². The van der Waals surface area contributed by atoms with Gasteiger partial charge in [-0.15, -0.1) is 0 Å². The zero-order valence-corrected chi connectivity index (χ0v) is 15.1. The van der Waals surface area contributed by atoms with E-state index in [1.807, 2.05) is 54.6 Å². The molecule has 126 valence electrons. The fraction of sp³-hybridized carbons (Fsp3) is 0.263. The van der Waals surface area contributed by atoms with Crippen molar-refractivity contribution in [3.63, 3.8) is 0 Å². The second-order valence-corrected chi connectivity index (χ2v) is 5.52. The van der Waals surface area contributed by atoms with Gasteiger partial charge >= 0.3 is 0 Å². The van der Waals surface area contributed by atoms with Crippen molar-refractivity contribution in [1.82, 2.24) is 4.90 Å². The summed E-state index contributed by atoms with van der Waals surface area (Å²) in [5.74, 6) is 1.69. The molecule has 0 aliphatic carbocycles. The van der Waals surface area contributed by atoms with Crippen molar-refractivity contribution in [2.24, 2.45) is 4.99 Å². The molecule has 0 atom stereocenters. The molecule has 24 heavy (non-hydrogen) atoms. The van der Waals surface area contributed by atoms with Gasteiger partial charge in [-0.2, -0.15) is 0 Å². The molecule has 1 N–H and O–H groups in total. The molecule has 0 aliphatic heterocycles. The van der Waals surface area contributed by atoms with Gasteiger partial charge in [-0.3, -0.25) is 0 Å². The SMILES string of the molecule is CCN(CC)/C(=N/C(=S)Nc1ccc(OC)cc1)c1ccccc1. The smallest absolute Gasteiger partial charge is 0.199 e. The van der Waals surface area contributed by atoms with Crippen LogP contribution in [-0.4, -0.2) is 36.0 Å². The minimum atomic E-state index is 0.436. The lowest BCUT2D eigenvalue weighted by atomic mass is 10.2. The Hall–Kier alpha value is -2.40. The van der Waals surface area contributed by atoms with Crippen LogP contribution in [0.15, 0.2) is 59.6 Å². The van der Waals surface area contributed by atoms with Crippen LogP contribution in [0.3, 0.4) is 0 Å². The summed E-state index contributed by atoms with van der Waals surface area (Å²) in [5.41, 5.74) is 1.94. The molecule has 0 bridgehead atoms. The van der Waals surface area contributed by atoms with E-state index >= 15 is 0 Å². The second-order valence-electron chi connectivity index (χ2n) is 5.13. The Bertz CT molecular complexity index is 680. The first-order valence-electron chi connectivity index (χ1n) is 8.02. The lowest BCUT2D eigenvalue weighted by molar-refractivity contribution is 0.415. The predicted molar refractivity (Wildman–Crippen MR) is 105 cm³/mol. The summed E-state index contributed by atoms with van der Waals surface area (Å²) in [4.78, 5) is 6.85. The Morgan fingerprint density at radius 3 is 2.21 bits per heavy atom. The first kappa shape index (κ1) is 17.9. The van der Waals surface area contributed by atoms with Crippen molar-refractivity contribution < 1.29 is 4.74 Å². The van der Waals surface area contributed by atoms with Crippen LogP contribution in [-0.2, 0) is 0 Å². The maximum atomic E-state index is 5.43. The van der Waals surface area contributed by atoms with Crippen LogP contribution >= 0.6 is 12.2 Å². The molecule has 4 nitrogen and oxygen atoms in total. The number of aliphatic imine (C=N–C) groups is 1. The highest BCUT2D eigenvalue weighted by Gasteiger charge is 2.11. The van der Waals surface area contributed by atoms with Crippen LogP contribution in [0, 0.1) is 0 Å². The third-order valence-electron chi connectivity index (χ3n) is 3.64. The molecule has 0 heterocycles. The van der Waals surface area contributed by atoms with E-state index in [0.29, 0.717) is 5.11 Å². The molecular weight excluding hydrogens is 318 g/mol. The summed E-state index contributed by atoms with van der Waals surface area (Å²) in [6.07, 6.45) is 0. The van der Waals surface area contributed by atoms with E-state index in [0.717, 1.165) is 35.9 Å². The van der Waals surface area contributed by atoms with Crippen LogP contribution in [0.4, 0.5) is 5.69 Å². The number of nitrogens with zero attached hydrogens (tertiary/aromatic N) is 2. The van der Waals surface area contributed by atoms with Crippen LogP contribution < -0.4 is 10.1 Å². The number of ether oxygens (including phenoxy) is 1. The van der Waals surface area contributed by atoms with Gasteiger partial charge in [0, 0.05) is 24.3 Å². The van der Waals surface area contributed by atoms with Crippen molar-refractivity contribution in [2.45, 2.75) is 13.8 Å². The minimum Gasteiger partial charge on any atom is -0.497 e. The van der Waals surface area contributed by atoms with E-state index in [1.54, 1.807) is 7.11 Å². The quantitative estimate of drug-likeness (QED) is 0.503. The Kier molecular flexibility index (Phi) is 6.75. The molecule has 0 aromatic heterocycles. The standard InChI is InChI=1S/C19H23N3OS/c1-4-22(5-2)18(15-9-7-6-8-10-15)21-19(24)20-16-11-13-17(23-3)14-12-16/h6-14H,4-5H2,1-3H3,(H,20,24)/b21-18+. The molecule has 2 aromatic rings. The lowest BCUT2D eigenvalue weighted by Gasteiger charge is -2.23. The molecule has 0 aliphatic rings. The van der Waals surface area contributed by atoms with Gasteiger partial charge in [-0.1, -0.05) is 30.3 Å². The van der Waals surface area contributed by atoms with E-state index in [4.69, 9.17) is 17.0 Å². The van der Waals surface area contributed by atoms with Gasteiger partial charge in [0.25, 0.3) is 0 Å². The molecule has 0 fully saturated rings. The molecule has 0 amide bonds. The number of methoxy groups -OCH3 is 1. The minimum absolute atomic E-state index is 0.436. The molecule has 0 saturated carbocycles. The highest BCUT2D eigenvalue weighted by atomic mass is 32.1. The third kappa shape index (κ3) is 4.80. The summed E-state index contributed by atoms with van der Waals surface area (Å²) in [6, 6.07) is 17.7. The average Bonchev–Trinajstić information content (AvgIpc) is 2.63. The Morgan fingerprint density at radius 2 is 1.67 bits per heavy atom. The zero-order chi connectivity index (χ0) is 17.4. The molecule has 0 unspecified atom stereocenters. The van der Waals surface area contributed by atoms with Crippen molar-refractivity contribution in [2.75, 3.05) is 25.5 Å². The predicted octanol–water partition coefficient (Wildman–Crippen LogP) is 4.18. The summed E-state index contributed by atoms with van der Waals surface area (Å²) in [5, 5.41) is 3.59. The van der Waals surface area contributed by atoms with Gasteiger partial charge in [-0.25, -0.2) is 4.99 Å². The first-order valence-corrected chi connectivity index (χ1v) is 8.42. The normalized spacial score (nSPS) is 11.0. The summed E-state index contributed by atoms with van der Waals surface area (Å²) in [6.45, 7) is 5.97. The molecule has 2 aromatic carbocycles. The van der Waals surface area contributed by atoms with Crippen LogP contribution in [0.2, 0.25) is 0 Å². The molecule has 5 heteroatoms. The van der Waals surface area contributed by atoms with Gasteiger partial charge in [0.05, 0.1) is 7.11 Å². The van der Waals surface area contributed by atoms with Gasteiger partial charge in [0.1, 0.15) is 11.6 Å². The van der Waals surface area contributed by atoms with Crippen molar-refractivity contribution in [1.29, 1.82) is 0 Å². The zero-order valence-electron chi connectivity index (χ0n) is 14.3. The summed E-state index contributed by atoms with van der Waals surface area (Å²) >= 11 is 5.43. The van der Waals surface area contributed by atoms with Gasteiger partial charge in [0.15, 0.2) is 5.11 Å². The summed E-state index contributed by atoms with van der Waals surface area (Å²) in [7, 11) is 1.65. The fourth-order valence-electron chi connectivity index (χ4n) is 2.35. The maximum Gasteiger partial charge on any atom is 0.199 e. The molecular formula is C19H23N3OS. The second kappa shape index (κ2) is 9.03. The van der Waals surface area contributed by atoms with Crippen molar-refractivity contribution in [3.05, 3.63) is 60.2 Å². The number of nitrogens with one attached hydrogen (secondary N) is 1. The number of anilines is 1. The van der Waals surface area contributed by atoms with Gasteiger partial charge in [-0.05, 0) is 50.3 Å². The molecule has 0 saturated heterocycles. The Labute approximate surface area is 149 Å². The highest BCUT2D eigenvalue weighted by Crippen LogP contribution is 2.15. The largest absolute Gasteiger partial charge is 0.497 e. The van der Waals surface area contributed by atoms with Crippen LogP contribution in [0.1, 0.15) is 19.4 Å². The molecule has 0 spiro atoms. The number of benzene rings is 2. The fourth-order valence-corrected chi connectivity index (χ4v) is 2.55. The van der Waals surface area contributed by atoms with E-state index in [1.165, 1.54) is 0 Å². The first-order chi connectivity index (χ1) is 11.7. The van der Waals surface area contributed by atoms with E-state index < -0.39 is 0 Å². The lowest BCUT2D eigenvalue weighted by Crippen LogP contribution is -2.32. The van der Waals surface area contributed by atoms with Crippen LogP contribution in [0.5, 0.6) is 5.75 Å². The average molecular weight is 341 g/mol. The molecule has 2 rings (SSSR count). The van der Waals surface area contributed by atoms with E-state index in [9.17, 15) is 0 Å². The topological polar surface area (TPSA) is 36.9 Å². The number of rotatable bonds is 5. The Balaban J connectivity index is 2.22. The highest BCUT2D eigenvalue weighted by molar-refractivity contribution is 7.80. The number of amidine groups is 1. The Morgan fingerprint density at radius 1 is 1.04 bits per heavy atom. The van der Waals surface area contributed by atoms with Gasteiger partial charge < -0.3 is 15.0 Å². The number of thiocarbonyl (C=S) groups is 1. The van der Waals surface area contributed by atoms with Crippen molar-refractivity contribution >= 4 is 28.9 Å². The van der Waals surface area contributed by atoms with E-state index in [2.05, 4.69) is 29.1 Å². The maximum absolute atomic E-state index is 5.43. The number of hydrogen-bond acceptors (Lipinski definition) is 2. The molecule has 0 radical (unpaired) electrons. The third-order valence-corrected chi connectivity index (χ3v) is 3.84. The van der Waals surface area contributed by atoms with Crippen LogP contribution in [0.25, 0.3) is 0 Å². The monoisotopic (exact) mass is 341 g/mol. The summed E-state index contributed by atoms with van der Waals surface area (Å²) < 4.78 is 5.16. The van der Waals surface area contributed by atoms with Crippen molar-refractivity contribution in [3.8, 4) is 5.75 Å². The number of hydrogen-bond donors (Lipinski definition) is 1. The van der Waals surface area contributed by atoms with Gasteiger partial charge in [0.2, 0.25) is 0 Å².